The van der Waals surface area contributed by atoms with Crippen LogP contribution in [0.15, 0.2) is 40.8 Å². The molecule has 0 aliphatic heterocycles. The molecule has 1 aromatic carbocycles. The first kappa shape index (κ1) is 13.2. The van der Waals surface area contributed by atoms with E-state index in [9.17, 15) is 4.79 Å². The van der Waals surface area contributed by atoms with E-state index in [2.05, 4.69) is 5.32 Å². The van der Waals surface area contributed by atoms with Gasteiger partial charge in [-0.15, -0.1) is 0 Å². The van der Waals surface area contributed by atoms with Crippen LogP contribution in [0.2, 0.25) is 0 Å². The van der Waals surface area contributed by atoms with Gasteiger partial charge < -0.3 is 19.9 Å². The molecule has 100 valence electrons. The number of anilines is 1. The van der Waals surface area contributed by atoms with Gasteiger partial charge in [-0.3, -0.25) is 0 Å². The highest BCUT2D eigenvalue weighted by atomic mass is 16.4. The van der Waals surface area contributed by atoms with Crippen LogP contribution in [-0.4, -0.2) is 22.8 Å². The number of aliphatic hydroxyl groups is 1. The monoisotopic (exact) mass is 261 g/mol. The van der Waals surface area contributed by atoms with Crippen molar-refractivity contribution >= 4 is 11.7 Å². The standard InChI is InChI=1S/C14H15NO4/c16-8-7-10-1-3-11(4-2-10)15-9-12-5-6-13(19-12)14(17)18/h1-6,15-16H,7-9H2,(H,17,18). The molecule has 0 spiro atoms. The molecule has 5 nitrogen and oxygen atoms in total. The van der Waals surface area contributed by atoms with Crippen molar-refractivity contribution in [1.82, 2.24) is 0 Å². The van der Waals surface area contributed by atoms with E-state index in [1.165, 1.54) is 6.07 Å². The Balaban J connectivity index is 1.92. The Kier molecular flexibility index (Phi) is 4.20. The van der Waals surface area contributed by atoms with Crippen molar-refractivity contribution < 1.29 is 19.4 Å². The molecule has 0 radical (unpaired) electrons. The molecule has 0 amide bonds. The molecule has 0 aliphatic rings. The van der Waals surface area contributed by atoms with Crippen LogP contribution in [0.3, 0.4) is 0 Å². The van der Waals surface area contributed by atoms with E-state index < -0.39 is 5.97 Å². The maximum Gasteiger partial charge on any atom is 0.371 e. The summed E-state index contributed by atoms with van der Waals surface area (Å²) in [6.45, 7) is 0.559. The number of rotatable bonds is 6. The first-order valence-electron chi connectivity index (χ1n) is 5.94. The van der Waals surface area contributed by atoms with Crippen LogP contribution in [-0.2, 0) is 13.0 Å². The lowest BCUT2D eigenvalue weighted by molar-refractivity contribution is 0.0660. The van der Waals surface area contributed by atoms with Crippen LogP contribution in [0.25, 0.3) is 0 Å². The number of benzene rings is 1. The summed E-state index contributed by atoms with van der Waals surface area (Å²) in [4.78, 5) is 10.7. The van der Waals surface area contributed by atoms with E-state index in [1.54, 1.807) is 6.07 Å². The second kappa shape index (κ2) is 6.06. The molecule has 2 rings (SSSR count). The maximum absolute atomic E-state index is 10.7. The van der Waals surface area contributed by atoms with E-state index in [-0.39, 0.29) is 12.4 Å². The molecular formula is C14H15NO4. The molecule has 0 unspecified atom stereocenters. The molecule has 0 atom stereocenters. The van der Waals surface area contributed by atoms with Gasteiger partial charge in [0.15, 0.2) is 0 Å². The summed E-state index contributed by atoms with van der Waals surface area (Å²) in [6.07, 6.45) is 0.639. The zero-order chi connectivity index (χ0) is 13.7. The molecule has 0 saturated heterocycles. The third-order valence-electron chi connectivity index (χ3n) is 2.69. The van der Waals surface area contributed by atoms with Crippen molar-refractivity contribution in [2.45, 2.75) is 13.0 Å². The fourth-order valence-electron chi connectivity index (χ4n) is 1.70. The van der Waals surface area contributed by atoms with Crippen molar-refractivity contribution in [2.24, 2.45) is 0 Å². The predicted octanol–water partition coefficient (Wildman–Crippen LogP) is 2.12. The Morgan fingerprint density at radius 1 is 1.16 bits per heavy atom. The molecule has 0 bridgehead atoms. The lowest BCUT2D eigenvalue weighted by Crippen LogP contribution is -1.99. The minimum Gasteiger partial charge on any atom is -0.475 e. The largest absolute Gasteiger partial charge is 0.475 e. The van der Waals surface area contributed by atoms with E-state index in [0.29, 0.717) is 18.7 Å². The number of nitrogens with one attached hydrogen (secondary N) is 1. The number of hydrogen-bond acceptors (Lipinski definition) is 4. The molecular weight excluding hydrogens is 246 g/mol. The lowest BCUT2D eigenvalue weighted by Gasteiger charge is -2.05. The quantitative estimate of drug-likeness (QED) is 0.742. The smallest absolute Gasteiger partial charge is 0.371 e. The van der Waals surface area contributed by atoms with Crippen LogP contribution in [0.5, 0.6) is 0 Å². The molecule has 19 heavy (non-hydrogen) atoms. The minimum absolute atomic E-state index is 0.0601. The summed E-state index contributed by atoms with van der Waals surface area (Å²) >= 11 is 0. The zero-order valence-corrected chi connectivity index (χ0v) is 10.3. The van der Waals surface area contributed by atoms with Gasteiger partial charge in [-0.25, -0.2) is 4.79 Å². The summed E-state index contributed by atoms with van der Waals surface area (Å²) in [5.41, 5.74) is 1.98. The number of aliphatic hydroxyl groups excluding tert-OH is 1. The number of carboxylic acids is 1. The number of furan rings is 1. The molecule has 5 heteroatoms. The summed E-state index contributed by atoms with van der Waals surface area (Å²) < 4.78 is 5.13. The number of aromatic carboxylic acids is 1. The second-order valence-corrected chi connectivity index (χ2v) is 4.10. The summed E-state index contributed by atoms with van der Waals surface area (Å²) in [5, 5.41) is 20.7. The summed E-state index contributed by atoms with van der Waals surface area (Å²) in [5.74, 6) is -0.563. The van der Waals surface area contributed by atoms with Gasteiger partial charge in [-0.05, 0) is 36.2 Å². The van der Waals surface area contributed by atoms with Crippen LogP contribution in [0.4, 0.5) is 5.69 Å². The Hall–Kier alpha value is -2.27. The average molecular weight is 261 g/mol. The van der Waals surface area contributed by atoms with Gasteiger partial charge in [0, 0.05) is 12.3 Å². The fraction of sp³-hybridized carbons (Fsp3) is 0.214. The highest BCUT2D eigenvalue weighted by Gasteiger charge is 2.08. The second-order valence-electron chi connectivity index (χ2n) is 4.10. The first-order chi connectivity index (χ1) is 9.19. The Morgan fingerprint density at radius 2 is 1.89 bits per heavy atom. The van der Waals surface area contributed by atoms with Crippen molar-refractivity contribution in [1.29, 1.82) is 0 Å². The summed E-state index contributed by atoms with van der Waals surface area (Å²) in [7, 11) is 0. The van der Waals surface area contributed by atoms with E-state index in [0.717, 1.165) is 11.3 Å². The lowest BCUT2D eigenvalue weighted by atomic mass is 10.1. The zero-order valence-electron chi connectivity index (χ0n) is 10.3. The Labute approximate surface area is 110 Å². The fourth-order valence-corrected chi connectivity index (χ4v) is 1.70. The summed E-state index contributed by atoms with van der Waals surface area (Å²) in [6, 6.07) is 10.8. The number of hydrogen-bond donors (Lipinski definition) is 3. The van der Waals surface area contributed by atoms with Gasteiger partial charge in [0.05, 0.1) is 6.54 Å². The minimum atomic E-state index is -1.07. The van der Waals surface area contributed by atoms with Crippen LogP contribution in [0, 0.1) is 0 Å². The van der Waals surface area contributed by atoms with Crippen LogP contribution >= 0.6 is 0 Å². The molecule has 0 fully saturated rings. The van der Waals surface area contributed by atoms with Crippen LogP contribution < -0.4 is 5.32 Å². The molecule has 0 saturated carbocycles. The van der Waals surface area contributed by atoms with Crippen molar-refractivity contribution in [3.63, 3.8) is 0 Å². The van der Waals surface area contributed by atoms with Gasteiger partial charge in [-0.2, -0.15) is 0 Å². The van der Waals surface area contributed by atoms with Gasteiger partial charge >= 0.3 is 5.97 Å². The van der Waals surface area contributed by atoms with E-state index in [4.69, 9.17) is 14.6 Å². The molecule has 1 aromatic heterocycles. The van der Waals surface area contributed by atoms with Gasteiger partial charge in [0.1, 0.15) is 5.76 Å². The Bertz CT molecular complexity index is 545. The maximum atomic E-state index is 10.7. The van der Waals surface area contributed by atoms with Gasteiger partial charge in [0.2, 0.25) is 5.76 Å². The first-order valence-corrected chi connectivity index (χ1v) is 5.94. The normalized spacial score (nSPS) is 10.4. The van der Waals surface area contributed by atoms with Crippen LogP contribution in [0.1, 0.15) is 21.9 Å². The average Bonchev–Trinajstić information content (AvgIpc) is 2.87. The van der Waals surface area contributed by atoms with E-state index in [1.807, 2.05) is 24.3 Å². The topological polar surface area (TPSA) is 82.7 Å². The highest BCUT2D eigenvalue weighted by Crippen LogP contribution is 2.13. The molecule has 3 N–H and O–H groups in total. The third-order valence-corrected chi connectivity index (χ3v) is 2.69. The molecule has 0 aliphatic carbocycles. The van der Waals surface area contributed by atoms with E-state index >= 15 is 0 Å². The van der Waals surface area contributed by atoms with Gasteiger partial charge in [0.25, 0.3) is 0 Å². The van der Waals surface area contributed by atoms with Crippen molar-refractivity contribution in [3.8, 4) is 0 Å². The predicted molar refractivity (Wildman–Crippen MR) is 70.2 cm³/mol. The van der Waals surface area contributed by atoms with Gasteiger partial charge in [-0.1, -0.05) is 12.1 Å². The highest BCUT2D eigenvalue weighted by molar-refractivity contribution is 5.84. The Morgan fingerprint density at radius 3 is 2.47 bits per heavy atom. The van der Waals surface area contributed by atoms with Crippen molar-refractivity contribution in [2.75, 3.05) is 11.9 Å². The number of carbonyl (C=O) groups is 1. The molecule has 1 heterocycles. The SMILES string of the molecule is O=C(O)c1ccc(CNc2ccc(CCO)cc2)o1. The molecule has 2 aromatic rings. The number of carboxylic acid groups (broad SMARTS) is 1. The van der Waals surface area contributed by atoms with Crippen molar-refractivity contribution in [3.05, 3.63) is 53.5 Å². The third kappa shape index (κ3) is 3.59.